The second-order valence-corrected chi connectivity index (χ2v) is 7.18. The molecule has 0 unspecified atom stereocenters. The molecule has 1 aliphatic carbocycles. The van der Waals surface area contributed by atoms with Gasteiger partial charge < -0.3 is 19.8 Å². The third kappa shape index (κ3) is 5.97. The molecule has 1 saturated carbocycles. The zero-order valence-corrected chi connectivity index (χ0v) is 17.1. The summed E-state index contributed by atoms with van der Waals surface area (Å²) in [4.78, 5) is 13.4. The largest absolute Gasteiger partial charge is 0.474 e. The molecule has 152 valence electrons. The van der Waals surface area contributed by atoms with Crippen molar-refractivity contribution < 1.29 is 9.15 Å². The molecule has 2 N–H and O–H groups in total. The number of aryl methyl sites for hydroxylation is 2. The molecule has 2 aromatic rings. The van der Waals surface area contributed by atoms with Gasteiger partial charge in [-0.25, -0.2) is 15.0 Å². The van der Waals surface area contributed by atoms with Crippen LogP contribution in [0.1, 0.15) is 61.9 Å². The lowest BCUT2D eigenvalue weighted by molar-refractivity contribution is 0.148. The van der Waals surface area contributed by atoms with Crippen LogP contribution in [0.4, 0.5) is 0 Å². The molecule has 1 aliphatic rings. The Morgan fingerprint density at radius 3 is 2.68 bits per heavy atom. The van der Waals surface area contributed by atoms with Crippen LogP contribution in [-0.4, -0.2) is 28.6 Å². The minimum atomic E-state index is 0.317. The van der Waals surface area contributed by atoms with Crippen LogP contribution in [0.15, 0.2) is 27.7 Å². The van der Waals surface area contributed by atoms with Crippen LogP contribution in [0.2, 0.25) is 0 Å². The van der Waals surface area contributed by atoms with Crippen molar-refractivity contribution in [3.05, 3.63) is 41.2 Å². The summed E-state index contributed by atoms with van der Waals surface area (Å²) in [5, 5.41) is 6.49. The fourth-order valence-corrected chi connectivity index (χ4v) is 3.21. The molecule has 28 heavy (non-hydrogen) atoms. The quantitative estimate of drug-likeness (QED) is 0.559. The number of pyridine rings is 1. The molecular formula is C21H31N5O2. The van der Waals surface area contributed by atoms with E-state index in [0.717, 1.165) is 42.4 Å². The number of nitrogens with zero attached hydrogens (tertiary/aromatic N) is 3. The van der Waals surface area contributed by atoms with Crippen molar-refractivity contribution in [2.24, 2.45) is 4.99 Å². The van der Waals surface area contributed by atoms with E-state index in [-0.39, 0.29) is 0 Å². The molecule has 0 aromatic carbocycles. The number of oxazole rings is 1. The molecule has 0 aliphatic heterocycles. The van der Waals surface area contributed by atoms with Gasteiger partial charge in [-0.15, -0.1) is 0 Å². The van der Waals surface area contributed by atoms with Crippen molar-refractivity contribution in [3.63, 3.8) is 0 Å². The number of aliphatic imine (C=N–C) groups is 1. The molecule has 0 bridgehead atoms. The van der Waals surface area contributed by atoms with Gasteiger partial charge in [0.2, 0.25) is 11.8 Å². The highest BCUT2D eigenvalue weighted by atomic mass is 16.5. The van der Waals surface area contributed by atoms with Gasteiger partial charge in [-0.1, -0.05) is 12.5 Å². The number of hydrogen-bond acceptors (Lipinski definition) is 5. The standard InChI is InChI=1S/C21H31N5O2/c1-4-22-21(25-14-20-26-15(2)16(3)27-20)24-13-17-10-11-19(23-12-17)28-18-8-6-5-7-9-18/h10-12,18H,4-9,13-14H2,1-3H3,(H2,22,24,25). The summed E-state index contributed by atoms with van der Waals surface area (Å²) in [7, 11) is 0. The molecular weight excluding hydrogens is 354 g/mol. The van der Waals surface area contributed by atoms with E-state index < -0.39 is 0 Å². The number of aromatic nitrogens is 2. The third-order valence-corrected chi connectivity index (χ3v) is 4.88. The van der Waals surface area contributed by atoms with Crippen LogP contribution < -0.4 is 15.4 Å². The first kappa shape index (κ1) is 20.2. The van der Waals surface area contributed by atoms with Gasteiger partial charge in [0.15, 0.2) is 5.96 Å². The minimum absolute atomic E-state index is 0.317. The van der Waals surface area contributed by atoms with Gasteiger partial charge in [-0.05, 0) is 52.0 Å². The predicted molar refractivity (Wildman–Crippen MR) is 109 cm³/mol. The van der Waals surface area contributed by atoms with E-state index in [4.69, 9.17) is 9.15 Å². The van der Waals surface area contributed by atoms with Gasteiger partial charge in [-0.3, -0.25) is 0 Å². The molecule has 0 saturated heterocycles. The van der Waals surface area contributed by atoms with Gasteiger partial charge in [0.1, 0.15) is 11.9 Å². The first-order valence-electron chi connectivity index (χ1n) is 10.2. The minimum Gasteiger partial charge on any atom is -0.474 e. The Hall–Kier alpha value is -2.57. The first-order valence-corrected chi connectivity index (χ1v) is 10.2. The summed E-state index contributed by atoms with van der Waals surface area (Å²) >= 11 is 0. The second-order valence-electron chi connectivity index (χ2n) is 7.18. The molecule has 2 aromatic heterocycles. The van der Waals surface area contributed by atoms with Crippen molar-refractivity contribution in [1.29, 1.82) is 0 Å². The number of hydrogen-bond donors (Lipinski definition) is 2. The fraction of sp³-hybridized carbons (Fsp3) is 0.571. The lowest BCUT2D eigenvalue weighted by atomic mass is 9.98. The molecule has 7 nitrogen and oxygen atoms in total. The van der Waals surface area contributed by atoms with Gasteiger partial charge >= 0.3 is 0 Å². The third-order valence-electron chi connectivity index (χ3n) is 4.88. The van der Waals surface area contributed by atoms with Gasteiger partial charge in [-0.2, -0.15) is 0 Å². The van der Waals surface area contributed by atoms with Crippen molar-refractivity contribution in [1.82, 2.24) is 20.6 Å². The number of nitrogens with one attached hydrogen (secondary N) is 2. The number of rotatable bonds is 7. The summed E-state index contributed by atoms with van der Waals surface area (Å²) in [5.41, 5.74) is 1.95. The first-order chi connectivity index (χ1) is 13.6. The van der Waals surface area contributed by atoms with Crippen molar-refractivity contribution in [3.8, 4) is 5.88 Å². The van der Waals surface area contributed by atoms with Crippen molar-refractivity contribution in [2.75, 3.05) is 6.54 Å². The summed E-state index contributed by atoms with van der Waals surface area (Å²) < 4.78 is 11.6. The molecule has 0 radical (unpaired) electrons. The molecule has 3 rings (SSSR count). The van der Waals surface area contributed by atoms with Crippen LogP contribution >= 0.6 is 0 Å². The van der Waals surface area contributed by atoms with E-state index in [9.17, 15) is 0 Å². The Kier molecular flexibility index (Phi) is 7.28. The Bertz CT molecular complexity index is 744. The Balaban J connectivity index is 1.52. The van der Waals surface area contributed by atoms with E-state index in [0.29, 0.717) is 31.0 Å². The topological polar surface area (TPSA) is 84.6 Å². The van der Waals surface area contributed by atoms with E-state index in [1.807, 2.05) is 39.1 Å². The predicted octanol–water partition coefficient (Wildman–Crippen LogP) is 3.65. The van der Waals surface area contributed by atoms with E-state index in [1.165, 1.54) is 19.3 Å². The Labute approximate surface area is 167 Å². The fourth-order valence-electron chi connectivity index (χ4n) is 3.21. The van der Waals surface area contributed by atoms with Crippen molar-refractivity contribution >= 4 is 5.96 Å². The normalized spacial score (nSPS) is 15.5. The van der Waals surface area contributed by atoms with E-state index >= 15 is 0 Å². The average molecular weight is 386 g/mol. The molecule has 0 amide bonds. The summed E-state index contributed by atoms with van der Waals surface area (Å²) in [6.07, 6.45) is 8.25. The highest BCUT2D eigenvalue weighted by Gasteiger charge is 2.15. The molecule has 0 atom stereocenters. The summed E-state index contributed by atoms with van der Waals surface area (Å²) in [6, 6.07) is 3.97. The van der Waals surface area contributed by atoms with Crippen LogP contribution in [0.5, 0.6) is 5.88 Å². The van der Waals surface area contributed by atoms with E-state index in [1.54, 1.807) is 0 Å². The van der Waals surface area contributed by atoms with Gasteiger partial charge in [0.05, 0.1) is 18.8 Å². The van der Waals surface area contributed by atoms with Crippen LogP contribution in [-0.2, 0) is 13.1 Å². The van der Waals surface area contributed by atoms with Crippen LogP contribution in [0.25, 0.3) is 0 Å². The lowest BCUT2D eigenvalue weighted by Crippen LogP contribution is -2.36. The monoisotopic (exact) mass is 385 g/mol. The Morgan fingerprint density at radius 1 is 1.21 bits per heavy atom. The summed E-state index contributed by atoms with van der Waals surface area (Å²) in [6.45, 7) is 7.70. The zero-order valence-electron chi connectivity index (χ0n) is 17.1. The van der Waals surface area contributed by atoms with Crippen LogP contribution in [0.3, 0.4) is 0 Å². The molecule has 2 heterocycles. The molecule has 7 heteroatoms. The van der Waals surface area contributed by atoms with Crippen LogP contribution in [0, 0.1) is 13.8 Å². The smallest absolute Gasteiger partial charge is 0.214 e. The SMILES string of the molecule is CCNC(=NCc1ccc(OC2CCCCC2)nc1)NCc1nc(C)c(C)o1. The molecule has 1 fully saturated rings. The number of guanidine groups is 1. The van der Waals surface area contributed by atoms with Gasteiger partial charge in [0.25, 0.3) is 0 Å². The lowest BCUT2D eigenvalue weighted by Gasteiger charge is -2.22. The summed E-state index contributed by atoms with van der Waals surface area (Å²) in [5.74, 6) is 2.93. The molecule has 0 spiro atoms. The maximum Gasteiger partial charge on any atom is 0.214 e. The maximum atomic E-state index is 5.98. The zero-order chi connectivity index (χ0) is 19.8. The maximum absolute atomic E-state index is 5.98. The van der Waals surface area contributed by atoms with Gasteiger partial charge in [0, 0.05) is 18.8 Å². The highest BCUT2D eigenvalue weighted by molar-refractivity contribution is 5.79. The highest BCUT2D eigenvalue weighted by Crippen LogP contribution is 2.22. The second kappa shape index (κ2) is 10.1. The van der Waals surface area contributed by atoms with Crippen molar-refractivity contribution in [2.45, 2.75) is 72.1 Å². The van der Waals surface area contributed by atoms with E-state index in [2.05, 4.69) is 25.6 Å². The number of ether oxygens (including phenoxy) is 1. The average Bonchev–Trinajstić information content (AvgIpc) is 3.03. The Morgan fingerprint density at radius 2 is 2.04 bits per heavy atom.